The molecule has 130 valence electrons. The van der Waals surface area contributed by atoms with Crippen LogP contribution in [-0.2, 0) is 9.53 Å². The smallest absolute Gasteiger partial charge is 0.326 e. The second kappa shape index (κ2) is 6.34. The van der Waals surface area contributed by atoms with Gasteiger partial charge >= 0.3 is 5.97 Å². The third-order valence-electron chi connectivity index (χ3n) is 4.13. The fraction of sp³-hybridized carbons (Fsp3) is 0.158. The molecule has 0 spiro atoms. The molecule has 26 heavy (non-hydrogen) atoms. The standard InChI is InChI=1S/C19H14N2O4S/c1-11(17-20-14-8-4-5-9-15(14)26-17)25-16(22)10-21-18(23)12-6-2-3-7-13(12)19(21)24/h2-9,11H,10H2,1H3/t11-/m0/s1. The summed E-state index contributed by atoms with van der Waals surface area (Å²) in [7, 11) is 0. The van der Waals surface area contributed by atoms with Crippen molar-refractivity contribution in [1.82, 2.24) is 9.88 Å². The average Bonchev–Trinajstić information content (AvgIpc) is 3.18. The van der Waals surface area contributed by atoms with Crippen LogP contribution in [0.15, 0.2) is 48.5 Å². The molecule has 1 aliphatic heterocycles. The number of benzene rings is 2. The fourth-order valence-electron chi connectivity index (χ4n) is 2.86. The number of ether oxygens (including phenoxy) is 1. The van der Waals surface area contributed by atoms with Gasteiger partial charge in [-0.05, 0) is 31.2 Å². The Kier molecular flexibility index (Phi) is 4.00. The van der Waals surface area contributed by atoms with Gasteiger partial charge in [0.15, 0.2) is 6.10 Å². The van der Waals surface area contributed by atoms with Gasteiger partial charge in [-0.1, -0.05) is 24.3 Å². The predicted octanol–water partition coefficient (Wildman–Crippen LogP) is 3.20. The van der Waals surface area contributed by atoms with Crippen molar-refractivity contribution in [3.8, 4) is 0 Å². The lowest BCUT2D eigenvalue weighted by atomic mass is 10.1. The molecule has 0 fully saturated rings. The van der Waals surface area contributed by atoms with Crippen molar-refractivity contribution in [2.45, 2.75) is 13.0 Å². The largest absolute Gasteiger partial charge is 0.454 e. The molecule has 0 N–H and O–H groups in total. The summed E-state index contributed by atoms with van der Waals surface area (Å²) in [6.07, 6.45) is -0.560. The number of aromatic nitrogens is 1. The topological polar surface area (TPSA) is 76.6 Å². The number of hydrogen-bond acceptors (Lipinski definition) is 6. The fourth-order valence-corrected chi connectivity index (χ4v) is 3.81. The molecule has 0 unspecified atom stereocenters. The first-order chi connectivity index (χ1) is 12.5. The summed E-state index contributed by atoms with van der Waals surface area (Å²) in [6.45, 7) is 1.31. The predicted molar refractivity (Wildman–Crippen MR) is 95.9 cm³/mol. The van der Waals surface area contributed by atoms with Crippen molar-refractivity contribution in [3.05, 3.63) is 64.7 Å². The Morgan fingerprint density at radius 2 is 1.69 bits per heavy atom. The molecule has 0 aliphatic carbocycles. The molecule has 2 heterocycles. The van der Waals surface area contributed by atoms with Crippen LogP contribution in [0.3, 0.4) is 0 Å². The van der Waals surface area contributed by atoms with Gasteiger partial charge in [0.2, 0.25) is 0 Å². The number of rotatable bonds is 4. The van der Waals surface area contributed by atoms with E-state index in [1.54, 1.807) is 31.2 Å². The van der Waals surface area contributed by atoms with Gasteiger partial charge in [0.05, 0.1) is 21.3 Å². The molecule has 7 heteroatoms. The van der Waals surface area contributed by atoms with Crippen molar-refractivity contribution in [1.29, 1.82) is 0 Å². The van der Waals surface area contributed by atoms with Crippen molar-refractivity contribution >= 4 is 39.3 Å². The molecule has 2 amide bonds. The number of imide groups is 1. The second-order valence-electron chi connectivity index (χ2n) is 5.89. The average molecular weight is 366 g/mol. The minimum absolute atomic E-state index is 0.310. The van der Waals surface area contributed by atoms with Crippen LogP contribution in [-0.4, -0.2) is 34.2 Å². The third kappa shape index (κ3) is 2.76. The van der Waals surface area contributed by atoms with Gasteiger partial charge in [0.1, 0.15) is 11.6 Å². The number of carbonyl (C=O) groups excluding carboxylic acids is 3. The van der Waals surface area contributed by atoms with Crippen molar-refractivity contribution in [2.24, 2.45) is 0 Å². The quantitative estimate of drug-likeness (QED) is 0.523. The summed E-state index contributed by atoms with van der Waals surface area (Å²) < 4.78 is 6.39. The molecular formula is C19H14N2O4S. The highest BCUT2D eigenvalue weighted by atomic mass is 32.1. The molecule has 0 saturated heterocycles. The van der Waals surface area contributed by atoms with E-state index >= 15 is 0 Å². The zero-order valence-corrected chi connectivity index (χ0v) is 14.7. The Balaban J connectivity index is 1.46. The Bertz CT molecular complexity index is 975. The maximum Gasteiger partial charge on any atom is 0.326 e. The number of thiazole rings is 1. The van der Waals surface area contributed by atoms with Gasteiger partial charge in [0.25, 0.3) is 11.8 Å². The van der Waals surface area contributed by atoms with E-state index in [1.807, 2.05) is 24.3 Å². The highest BCUT2D eigenvalue weighted by molar-refractivity contribution is 7.18. The van der Waals surface area contributed by atoms with Crippen LogP contribution < -0.4 is 0 Å². The molecule has 0 radical (unpaired) electrons. The summed E-state index contributed by atoms with van der Waals surface area (Å²) >= 11 is 1.45. The van der Waals surface area contributed by atoms with E-state index in [4.69, 9.17) is 4.74 Å². The molecule has 1 aromatic heterocycles. The highest BCUT2D eigenvalue weighted by Gasteiger charge is 2.36. The van der Waals surface area contributed by atoms with Gasteiger partial charge < -0.3 is 4.74 Å². The van der Waals surface area contributed by atoms with E-state index in [0.717, 1.165) is 15.1 Å². The lowest BCUT2D eigenvalue weighted by Gasteiger charge is -2.15. The van der Waals surface area contributed by atoms with E-state index < -0.39 is 30.4 Å². The number of amides is 2. The normalized spacial score (nSPS) is 14.6. The van der Waals surface area contributed by atoms with Crippen LogP contribution in [0.25, 0.3) is 10.2 Å². The van der Waals surface area contributed by atoms with Gasteiger partial charge in [-0.3, -0.25) is 19.3 Å². The third-order valence-corrected chi connectivity index (χ3v) is 5.33. The summed E-state index contributed by atoms with van der Waals surface area (Å²) in [5.41, 5.74) is 1.46. The molecule has 3 aromatic rings. The zero-order valence-electron chi connectivity index (χ0n) is 13.8. The summed E-state index contributed by atoms with van der Waals surface area (Å²) in [6, 6.07) is 14.2. The molecule has 6 nitrogen and oxygen atoms in total. The van der Waals surface area contributed by atoms with Crippen LogP contribution >= 0.6 is 11.3 Å². The molecular weight excluding hydrogens is 352 g/mol. The summed E-state index contributed by atoms with van der Waals surface area (Å²) in [5.74, 6) is -1.60. The van der Waals surface area contributed by atoms with Crippen LogP contribution in [0.4, 0.5) is 0 Å². The molecule has 4 rings (SSSR count). The first kappa shape index (κ1) is 16.4. The van der Waals surface area contributed by atoms with E-state index in [1.165, 1.54) is 11.3 Å². The Morgan fingerprint density at radius 1 is 1.08 bits per heavy atom. The van der Waals surface area contributed by atoms with Crippen LogP contribution in [0.1, 0.15) is 38.8 Å². The molecule has 1 atom stereocenters. The molecule has 0 bridgehead atoms. The lowest BCUT2D eigenvalue weighted by molar-refractivity contribution is -0.148. The number of hydrogen-bond donors (Lipinski definition) is 0. The summed E-state index contributed by atoms with van der Waals surface area (Å²) in [4.78, 5) is 42.2. The number of carbonyl (C=O) groups is 3. The van der Waals surface area contributed by atoms with Gasteiger partial charge in [0, 0.05) is 0 Å². The first-order valence-corrected chi connectivity index (χ1v) is 8.86. The second-order valence-corrected chi connectivity index (χ2v) is 6.96. The van der Waals surface area contributed by atoms with Gasteiger partial charge in [-0.15, -0.1) is 11.3 Å². The minimum atomic E-state index is -0.647. The monoisotopic (exact) mass is 366 g/mol. The van der Waals surface area contributed by atoms with Crippen molar-refractivity contribution in [3.63, 3.8) is 0 Å². The highest BCUT2D eigenvalue weighted by Crippen LogP contribution is 2.28. The van der Waals surface area contributed by atoms with E-state index in [0.29, 0.717) is 16.1 Å². The zero-order chi connectivity index (χ0) is 18.3. The van der Waals surface area contributed by atoms with Crippen molar-refractivity contribution in [2.75, 3.05) is 6.54 Å². The minimum Gasteiger partial charge on any atom is -0.454 e. The van der Waals surface area contributed by atoms with Gasteiger partial charge in [-0.25, -0.2) is 4.98 Å². The summed E-state index contributed by atoms with van der Waals surface area (Å²) in [5, 5.41) is 0.668. The molecule has 0 saturated carbocycles. The van der Waals surface area contributed by atoms with Gasteiger partial charge in [-0.2, -0.15) is 0 Å². The Morgan fingerprint density at radius 3 is 2.35 bits per heavy atom. The van der Waals surface area contributed by atoms with Crippen LogP contribution in [0.5, 0.6) is 0 Å². The van der Waals surface area contributed by atoms with E-state index in [9.17, 15) is 14.4 Å². The molecule has 1 aliphatic rings. The van der Waals surface area contributed by atoms with Crippen LogP contribution in [0.2, 0.25) is 0 Å². The van der Waals surface area contributed by atoms with E-state index in [-0.39, 0.29) is 0 Å². The maximum atomic E-state index is 12.3. The number of nitrogens with zero attached hydrogens (tertiary/aromatic N) is 2. The number of para-hydroxylation sites is 1. The van der Waals surface area contributed by atoms with E-state index in [2.05, 4.69) is 4.98 Å². The first-order valence-electron chi connectivity index (χ1n) is 8.05. The Labute approximate surface area is 153 Å². The van der Waals surface area contributed by atoms with Crippen molar-refractivity contribution < 1.29 is 19.1 Å². The Hall–Kier alpha value is -3.06. The number of esters is 1. The number of fused-ring (bicyclic) bond motifs is 2. The SMILES string of the molecule is C[C@H](OC(=O)CN1C(=O)c2ccccc2C1=O)c1nc2ccccc2s1. The lowest BCUT2D eigenvalue weighted by Crippen LogP contribution is -2.35. The van der Waals surface area contributed by atoms with Crippen LogP contribution in [0, 0.1) is 0 Å². The molecule has 2 aromatic carbocycles. The maximum absolute atomic E-state index is 12.3.